The highest BCUT2D eigenvalue weighted by Crippen LogP contribution is 1.96. The van der Waals surface area contributed by atoms with Crippen LogP contribution in [0, 0.1) is 0 Å². The van der Waals surface area contributed by atoms with Crippen molar-refractivity contribution in [3.63, 3.8) is 0 Å². The molecule has 0 heterocycles. The van der Waals surface area contributed by atoms with E-state index in [2.05, 4.69) is 16.6 Å². The quantitative estimate of drug-likeness (QED) is 0.632. The van der Waals surface area contributed by atoms with E-state index in [0.29, 0.717) is 6.42 Å². The fourth-order valence-electron chi connectivity index (χ4n) is 0.790. The van der Waals surface area contributed by atoms with Gasteiger partial charge in [-0.05, 0) is 13.3 Å². The zero-order valence-electron chi connectivity index (χ0n) is 8.16. The summed E-state index contributed by atoms with van der Waals surface area (Å²) in [5, 5.41) is 10.9. The van der Waals surface area contributed by atoms with Crippen LogP contribution in [0.2, 0.25) is 0 Å². The van der Waals surface area contributed by atoms with Crippen molar-refractivity contribution in [1.82, 2.24) is 5.32 Å². The van der Waals surface area contributed by atoms with Crippen LogP contribution in [0.3, 0.4) is 0 Å². The molecule has 1 unspecified atom stereocenters. The van der Waals surface area contributed by atoms with Crippen molar-refractivity contribution in [2.24, 2.45) is 0 Å². The predicted molar refractivity (Wildman–Crippen MR) is 51.0 cm³/mol. The number of aliphatic carboxylic acids is 1. The minimum Gasteiger partial charge on any atom is -0.481 e. The zero-order valence-corrected chi connectivity index (χ0v) is 8.16. The lowest BCUT2D eigenvalue weighted by molar-refractivity contribution is -0.137. The predicted octanol–water partition coefficient (Wildman–Crippen LogP) is 1.15. The third kappa shape index (κ3) is 7.15. The topological polar surface area (TPSA) is 75.6 Å². The molecule has 0 bridgehead atoms. The Morgan fingerprint density at radius 3 is 2.79 bits per heavy atom. The number of carbonyl (C=O) groups is 2. The first-order valence-electron chi connectivity index (χ1n) is 4.32. The summed E-state index contributed by atoms with van der Waals surface area (Å²) in [7, 11) is 0. The first-order valence-corrected chi connectivity index (χ1v) is 4.32. The molecule has 0 saturated carbocycles. The van der Waals surface area contributed by atoms with Crippen LogP contribution in [0.1, 0.15) is 19.8 Å². The van der Waals surface area contributed by atoms with Crippen LogP contribution in [0.5, 0.6) is 0 Å². The largest absolute Gasteiger partial charge is 0.481 e. The van der Waals surface area contributed by atoms with Crippen molar-refractivity contribution in [1.29, 1.82) is 0 Å². The first-order chi connectivity index (χ1) is 6.56. The van der Waals surface area contributed by atoms with Gasteiger partial charge in [0.15, 0.2) is 0 Å². The molecule has 14 heavy (non-hydrogen) atoms. The van der Waals surface area contributed by atoms with Crippen LogP contribution >= 0.6 is 0 Å². The van der Waals surface area contributed by atoms with Gasteiger partial charge in [-0.15, -0.1) is 0 Å². The van der Waals surface area contributed by atoms with E-state index in [1.165, 1.54) is 6.08 Å². The molecule has 0 aliphatic heterocycles. The molecule has 0 rings (SSSR count). The molecule has 0 aromatic rings. The number of carboxylic acid groups (broad SMARTS) is 1. The van der Waals surface area contributed by atoms with E-state index < -0.39 is 12.1 Å². The zero-order chi connectivity index (χ0) is 11.0. The number of rotatable bonds is 6. The van der Waals surface area contributed by atoms with Gasteiger partial charge in [0.1, 0.15) is 6.61 Å². The van der Waals surface area contributed by atoms with Gasteiger partial charge in [-0.1, -0.05) is 12.7 Å². The Labute approximate surface area is 82.7 Å². The fourth-order valence-corrected chi connectivity index (χ4v) is 0.790. The molecule has 0 fully saturated rings. The van der Waals surface area contributed by atoms with Crippen LogP contribution in [0.4, 0.5) is 4.79 Å². The molecule has 0 aromatic carbocycles. The molecule has 0 saturated heterocycles. The Kier molecular flexibility index (Phi) is 6.19. The molecular formula is C9H15NO4. The van der Waals surface area contributed by atoms with Crippen molar-refractivity contribution < 1.29 is 19.4 Å². The van der Waals surface area contributed by atoms with Gasteiger partial charge in [0.25, 0.3) is 0 Å². The lowest BCUT2D eigenvalue weighted by atomic mass is 10.2. The summed E-state index contributed by atoms with van der Waals surface area (Å²) in [6.07, 6.45) is 1.32. The number of hydrogen-bond donors (Lipinski definition) is 2. The van der Waals surface area contributed by atoms with Crippen molar-refractivity contribution in [3.8, 4) is 0 Å². The average Bonchev–Trinajstić information content (AvgIpc) is 2.11. The summed E-state index contributed by atoms with van der Waals surface area (Å²) in [5.74, 6) is -0.877. The van der Waals surface area contributed by atoms with E-state index in [1.807, 2.05) is 0 Å². The Bertz CT molecular complexity index is 215. The second kappa shape index (κ2) is 6.94. The average molecular weight is 201 g/mol. The van der Waals surface area contributed by atoms with Crippen LogP contribution < -0.4 is 5.32 Å². The summed E-state index contributed by atoms with van der Waals surface area (Å²) in [6.45, 7) is 5.26. The highest BCUT2D eigenvalue weighted by molar-refractivity contribution is 5.68. The van der Waals surface area contributed by atoms with E-state index in [-0.39, 0.29) is 19.1 Å². The van der Waals surface area contributed by atoms with Crippen LogP contribution in [-0.4, -0.2) is 29.8 Å². The molecule has 1 atom stereocenters. The molecule has 0 aliphatic rings. The van der Waals surface area contributed by atoms with Gasteiger partial charge < -0.3 is 15.2 Å². The maximum Gasteiger partial charge on any atom is 0.407 e. The van der Waals surface area contributed by atoms with Crippen molar-refractivity contribution in [3.05, 3.63) is 12.7 Å². The monoisotopic (exact) mass is 201 g/mol. The Hall–Kier alpha value is -1.52. The summed E-state index contributed by atoms with van der Waals surface area (Å²) in [4.78, 5) is 21.1. The minimum absolute atomic E-state index is 0.0307. The van der Waals surface area contributed by atoms with Gasteiger partial charge in [0.2, 0.25) is 0 Å². The third-order valence-corrected chi connectivity index (χ3v) is 1.49. The molecule has 5 nitrogen and oxygen atoms in total. The Morgan fingerprint density at radius 2 is 2.29 bits per heavy atom. The van der Waals surface area contributed by atoms with Crippen LogP contribution in [0.25, 0.3) is 0 Å². The van der Waals surface area contributed by atoms with Crippen molar-refractivity contribution >= 4 is 12.1 Å². The van der Waals surface area contributed by atoms with E-state index in [0.717, 1.165) is 0 Å². The normalized spacial score (nSPS) is 11.5. The molecular weight excluding hydrogens is 186 g/mol. The number of nitrogens with one attached hydrogen (secondary N) is 1. The smallest absolute Gasteiger partial charge is 0.407 e. The molecule has 80 valence electrons. The first kappa shape index (κ1) is 12.5. The fraction of sp³-hybridized carbons (Fsp3) is 0.556. The van der Waals surface area contributed by atoms with Gasteiger partial charge in [-0.25, -0.2) is 4.79 Å². The number of alkyl carbamates (subject to hydrolysis) is 1. The summed E-state index contributed by atoms with van der Waals surface area (Å²) >= 11 is 0. The maximum absolute atomic E-state index is 10.9. The molecule has 0 radical (unpaired) electrons. The van der Waals surface area contributed by atoms with E-state index in [1.54, 1.807) is 6.92 Å². The molecule has 1 amide bonds. The second-order valence-corrected chi connectivity index (χ2v) is 2.86. The van der Waals surface area contributed by atoms with Gasteiger partial charge >= 0.3 is 12.1 Å². The summed E-state index contributed by atoms with van der Waals surface area (Å²) in [5.41, 5.74) is 0. The van der Waals surface area contributed by atoms with Gasteiger partial charge in [0, 0.05) is 12.5 Å². The number of carbonyl (C=O) groups excluding carboxylic acids is 1. The Balaban J connectivity index is 3.59. The molecule has 2 N–H and O–H groups in total. The molecule has 0 aromatic heterocycles. The summed E-state index contributed by atoms with van der Waals surface area (Å²) < 4.78 is 4.65. The van der Waals surface area contributed by atoms with Crippen LogP contribution in [-0.2, 0) is 9.53 Å². The van der Waals surface area contributed by atoms with Crippen molar-refractivity contribution in [2.75, 3.05) is 6.61 Å². The third-order valence-electron chi connectivity index (χ3n) is 1.49. The molecule has 0 aliphatic carbocycles. The number of ether oxygens (including phenoxy) is 1. The lowest BCUT2D eigenvalue weighted by Crippen LogP contribution is -2.33. The minimum atomic E-state index is -0.877. The van der Waals surface area contributed by atoms with Gasteiger partial charge in [0.05, 0.1) is 0 Å². The highest BCUT2D eigenvalue weighted by Gasteiger charge is 2.08. The SMILES string of the molecule is C=CCOC(=O)NC(C)CCC(=O)O. The number of hydrogen-bond acceptors (Lipinski definition) is 3. The van der Waals surface area contributed by atoms with E-state index in [9.17, 15) is 9.59 Å². The molecule has 0 spiro atoms. The number of amides is 1. The lowest BCUT2D eigenvalue weighted by Gasteiger charge is -2.11. The molecule has 5 heteroatoms. The Morgan fingerprint density at radius 1 is 1.64 bits per heavy atom. The van der Waals surface area contributed by atoms with Crippen molar-refractivity contribution in [2.45, 2.75) is 25.8 Å². The highest BCUT2D eigenvalue weighted by atomic mass is 16.5. The van der Waals surface area contributed by atoms with Gasteiger partial charge in [-0.3, -0.25) is 4.79 Å². The standard InChI is InChI=1S/C9H15NO4/c1-3-6-14-9(13)10-7(2)4-5-8(11)12/h3,7H,1,4-6H2,2H3,(H,10,13)(H,11,12). The van der Waals surface area contributed by atoms with E-state index in [4.69, 9.17) is 5.11 Å². The maximum atomic E-state index is 10.9. The second-order valence-electron chi connectivity index (χ2n) is 2.86. The number of carboxylic acids is 1. The van der Waals surface area contributed by atoms with E-state index >= 15 is 0 Å². The van der Waals surface area contributed by atoms with Crippen LogP contribution in [0.15, 0.2) is 12.7 Å². The summed E-state index contributed by atoms with van der Waals surface area (Å²) in [6, 6.07) is -0.205. The van der Waals surface area contributed by atoms with Gasteiger partial charge in [-0.2, -0.15) is 0 Å².